The Balaban J connectivity index is 1.54. The van der Waals surface area contributed by atoms with Crippen LogP contribution in [-0.2, 0) is 16.1 Å². The van der Waals surface area contributed by atoms with Gasteiger partial charge in [0.2, 0.25) is 11.8 Å². The van der Waals surface area contributed by atoms with Crippen molar-refractivity contribution in [1.82, 2.24) is 19.9 Å². The summed E-state index contributed by atoms with van der Waals surface area (Å²) in [5.41, 5.74) is 0. The summed E-state index contributed by atoms with van der Waals surface area (Å²) in [6, 6.07) is 3.84. The second-order valence-electron chi connectivity index (χ2n) is 4.73. The first kappa shape index (κ1) is 13.7. The zero-order valence-electron chi connectivity index (χ0n) is 11.4. The van der Waals surface area contributed by atoms with Crippen molar-refractivity contribution in [3.05, 3.63) is 29.9 Å². The standard InChI is InChI=1S/C13H15N5O2S/c19-11(3-5-17-6-4-14-15-17)16-7-8-18(12(20)10-16)13-2-1-9-21-13/h1-2,4,6,9H,3,5,7-8,10H2. The van der Waals surface area contributed by atoms with Crippen molar-refractivity contribution in [3.63, 3.8) is 0 Å². The van der Waals surface area contributed by atoms with E-state index in [-0.39, 0.29) is 18.4 Å². The Hall–Kier alpha value is -2.22. The van der Waals surface area contributed by atoms with Crippen LogP contribution in [0.1, 0.15) is 6.42 Å². The topological polar surface area (TPSA) is 71.3 Å². The lowest BCUT2D eigenvalue weighted by Gasteiger charge is -2.33. The van der Waals surface area contributed by atoms with Gasteiger partial charge in [-0.25, -0.2) is 0 Å². The monoisotopic (exact) mass is 305 g/mol. The highest BCUT2D eigenvalue weighted by Gasteiger charge is 2.28. The SMILES string of the molecule is O=C(CCn1ccnn1)N1CCN(c2cccs2)C(=O)C1. The molecule has 0 aliphatic carbocycles. The Morgan fingerprint density at radius 2 is 2.29 bits per heavy atom. The van der Waals surface area contributed by atoms with Crippen molar-refractivity contribution in [2.75, 3.05) is 24.5 Å². The maximum absolute atomic E-state index is 12.2. The molecule has 0 bridgehead atoms. The minimum Gasteiger partial charge on any atom is -0.332 e. The molecule has 2 aromatic heterocycles. The fraction of sp³-hybridized carbons (Fsp3) is 0.385. The molecule has 110 valence electrons. The van der Waals surface area contributed by atoms with Gasteiger partial charge in [0.15, 0.2) is 0 Å². The number of carbonyl (C=O) groups excluding carboxylic acids is 2. The van der Waals surface area contributed by atoms with Crippen molar-refractivity contribution in [3.8, 4) is 0 Å². The van der Waals surface area contributed by atoms with E-state index in [1.165, 1.54) is 11.3 Å². The second kappa shape index (κ2) is 6.04. The van der Waals surface area contributed by atoms with Gasteiger partial charge in [0, 0.05) is 25.7 Å². The van der Waals surface area contributed by atoms with E-state index < -0.39 is 0 Å². The molecule has 0 unspecified atom stereocenters. The van der Waals surface area contributed by atoms with E-state index in [4.69, 9.17) is 0 Å². The molecule has 0 N–H and O–H groups in total. The number of amides is 2. The number of rotatable bonds is 4. The maximum atomic E-state index is 12.2. The predicted octanol–water partition coefficient (Wildman–Crippen LogP) is 0.605. The number of carbonyl (C=O) groups is 2. The van der Waals surface area contributed by atoms with Crippen LogP contribution in [0.2, 0.25) is 0 Å². The fourth-order valence-corrected chi connectivity index (χ4v) is 3.04. The summed E-state index contributed by atoms with van der Waals surface area (Å²) in [6.45, 7) is 1.75. The number of hydrogen-bond acceptors (Lipinski definition) is 5. The highest BCUT2D eigenvalue weighted by atomic mass is 32.1. The van der Waals surface area contributed by atoms with E-state index >= 15 is 0 Å². The summed E-state index contributed by atoms with van der Waals surface area (Å²) in [5, 5.41) is 10.4. The summed E-state index contributed by atoms with van der Waals surface area (Å²) in [7, 11) is 0. The highest BCUT2D eigenvalue weighted by molar-refractivity contribution is 7.14. The van der Waals surface area contributed by atoms with Crippen LogP contribution in [0.4, 0.5) is 5.00 Å². The van der Waals surface area contributed by atoms with Gasteiger partial charge in [-0.15, -0.1) is 16.4 Å². The Kier molecular flexibility index (Phi) is 3.96. The van der Waals surface area contributed by atoms with Gasteiger partial charge in [-0.3, -0.25) is 14.3 Å². The number of thiophene rings is 1. The molecule has 1 fully saturated rings. The van der Waals surface area contributed by atoms with Gasteiger partial charge in [-0.2, -0.15) is 0 Å². The third-order valence-electron chi connectivity index (χ3n) is 3.37. The zero-order chi connectivity index (χ0) is 14.7. The highest BCUT2D eigenvalue weighted by Crippen LogP contribution is 2.23. The average Bonchev–Trinajstić information content (AvgIpc) is 3.17. The maximum Gasteiger partial charge on any atom is 0.247 e. The summed E-state index contributed by atoms with van der Waals surface area (Å²) in [4.78, 5) is 27.6. The van der Waals surface area contributed by atoms with Crippen molar-refractivity contribution >= 4 is 28.2 Å². The van der Waals surface area contributed by atoms with E-state index in [0.29, 0.717) is 26.1 Å². The Bertz CT molecular complexity index is 611. The minimum absolute atomic E-state index is 0.0234. The number of aromatic nitrogens is 3. The van der Waals surface area contributed by atoms with Crippen LogP contribution in [0, 0.1) is 0 Å². The van der Waals surface area contributed by atoms with Crippen LogP contribution in [0.5, 0.6) is 0 Å². The summed E-state index contributed by atoms with van der Waals surface area (Å²) in [6.07, 6.45) is 3.62. The van der Waals surface area contributed by atoms with Gasteiger partial charge >= 0.3 is 0 Å². The molecule has 2 amide bonds. The number of aryl methyl sites for hydroxylation is 1. The molecular weight excluding hydrogens is 290 g/mol. The lowest BCUT2D eigenvalue weighted by Crippen LogP contribution is -2.52. The zero-order valence-corrected chi connectivity index (χ0v) is 12.2. The quantitative estimate of drug-likeness (QED) is 0.829. The molecule has 0 aromatic carbocycles. The predicted molar refractivity (Wildman–Crippen MR) is 77.9 cm³/mol. The van der Waals surface area contributed by atoms with E-state index in [0.717, 1.165) is 5.00 Å². The first-order valence-corrected chi connectivity index (χ1v) is 7.58. The molecule has 1 aliphatic rings. The average molecular weight is 305 g/mol. The van der Waals surface area contributed by atoms with Crippen molar-refractivity contribution in [1.29, 1.82) is 0 Å². The van der Waals surface area contributed by atoms with Crippen LogP contribution in [-0.4, -0.2) is 51.3 Å². The molecule has 0 spiro atoms. The molecular formula is C13H15N5O2S. The summed E-state index contributed by atoms with van der Waals surface area (Å²) < 4.78 is 1.61. The molecule has 3 rings (SSSR count). The van der Waals surface area contributed by atoms with Gasteiger partial charge in [0.25, 0.3) is 0 Å². The molecule has 7 nitrogen and oxygen atoms in total. The van der Waals surface area contributed by atoms with Gasteiger partial charge < -0.3 is 9.80 Å². The molecule has 8 heteroatoms. The molecule has 0 radical (unpaired) electrons. The van der Waals surface area contributed by atoms with Crippen molar-refractivity contribution in [2.45, 2.75) is 13.0 Å². The van der Waals surface area contributed by atoms with Gasteiger partial charge in [0.1, 0.15) is 6.54 Å². The van der Waals surface area contributed by atoms with Crippen LogP contribution in [0.15, 0.2) is 29.9 Å². The molecule has 1 saturated heterocycles. The van der Waals surface area contributed by atoms with Crippen molar-refractivity contribution in [2.24, 2.45) is 0 Å². The lowest BCUT2D eigenvalue weighted by molar-refractivity contribution is -0.137. The van der Waals surface area contributed by atoms with E-state index in [1.54, 1.807) is 26.9 Å². The first-order valence-electron chi connectivity index (χ1n) is 6.70. The normalized spacial score (nSPS) is 15.5. The van der Waals surface area contributed by atoms with Crippen molar-refractivity contribution < 1.29 is 9.59 Å². The van der Waals surface area contributed by atoms with Crippen LogP contribution in [0.3, 0.4) is 0 Å². The first-order chi connectivity index (χ1) is 10.2. The number of piperazine rings is 1. The molecule has 21 heavy (non-hydrogen) atoms. The number of hydrogen-bond donors (Lipinski definition) is 0. The second-order valence-corrected chi connectivity index (χ2v) is 5.65. The molecule has 1 aliphatic heterocycles. The van der Waals surface area contributed by atoms with E-state index in [9.17, 15) is 9.59 Å². The number of nitrogens with zero attached hydrogens (tertiary/aromatic N) is 5. The van der Waals surface area contributed by atoms with Crippen LogP contribution < -0.4 is 4.90 Å². The Morgan fingerprint density at radius 1 is 1.38 bits per heavy atom. The Labute approximate surface area is 125 Å². The minimum atomic E-state index is -0.0298. The smallest absolute Gasteiger partial charge is 0.247 e. The summed E-state index contributed by atoms with van der Waals surface area (Å²) >= 11 is 1.53. The van der Waals surface area contributed by atoms with Crippen LogP contribution in [0.25, 0.3) is 0 Å². The summed E-state index contributed by atoms with van der Waals surface area (Å²) in [5.74, 6) is -0.0533. The van der Waals surface area contributed by atoms with Gasteiger partial charge in [0.05, 0.1) is 17.7 Å². The lowest BCUT2D eigenvalue weighted by atomic mass is 10.2. The Morgan fingerprint density at radius 3 is 2.95 bits per heavy atom. The molecule has 0 atom stereocenters. The largest absolute Gasteiger partial charge is 0.332 e. The van der Waals surface area contributed by atoms with E-state index in [2.05, 4.69) is 10.3 Å². The third kappa shape index (κ3) is 3.10. The third-order valence-corrected chi connectivity index (χ3v) is 4.26. The van der Waals surface area contributed by atoms with Gasteiger partial charge in [-0.1, -0.05) is 5.21 Å². The molecule has 0 saturated carbocycles. The number of anilines is 1. The van der Waals surface area contributed by atoms with Gasteiger partial charge in [-0.05, 0) is 17.5 Å². The van der Waals surface area contributed by atoms with E-state index in [1.807, 2.05) is 17.5 Å². The van der Waals surface area contributed by atoms with Crippen LogP contribution >= 0.6 is 11.3 Å². The molecule has 3 heterocycles. The fourth-order valence-electron chi connectivity index (χ4n) is 2.26. The molecule has 2 aromatic rings.